The summed E-state index contributed by atoms with van der Waals surface area (Å²) < 4.78 is 0. The van der Waals surface area contributed by atoms with E-state index in [0.29, 0.717) is 0 Å². The Kier molecular flexibility index (Phi) is 6.54. The van der Waals surface area contributed by atoms with Crippen LogP contribution in [0.15, 0.2) is 66.7 Å². The number of hydrogen-bond acceptors (Lipinski definition) is 4. The van der Waals surface area contributed by atoms with Gasteiger partial charge in [-0.25, -0.2) is 0 Å². The summed E-state index contributed by atoms with van der Waals surface area (Å²) in [6.45, 7) is 10.3. The lowest BCUT2D eigenvalue weighted by Crippen LogP contribution is -2.21. The van der Waals surface area contributed by atoms with Gasteiger partial charge in [0.15, 0.2) is 0 Å². The van der Waals surface area contributed by atoms with Crippen LogP contribution < -0.4 is 10.2 Å². The molecule has 0 spiro atoms. The van der Waals surface area contributed by atoms with Crippen LogP contribution in [-0.4, -0.2) is 34.0 Å². The Hall–Kier alpha value is -3.93. The second kappa shape index (κ2) is 9.69. The number of carbonyl (C=O) groups is 1. The number of benzene rings is 3. The van der Waals surface area contributed by atoms with Gasteiger partial charge in [-0.15, -0.1) is 10.2 Å². The number of amides is 1. The number of nitrogens with zero attached hydrogens (tertiary/aromatic N) is 4. The molecule has 0 saturated carbocycles. The van der Waals surface area contributed by atoms with Gasteiger partial charge < -0.3 is 10.2 Å². The van der Waals surface area contributed by atoms with E-state index < -0.39 is 0 Å². The van der Waals surface area contributed by atoms with Gasteiger partial charge in [-0.3, -0.25) is 4.79 Å². The van der Waals surface area contributed by atoms with Gasteiger partial charge in [0.05, 0.1) is 5.69 Å². The Morgan fingerprint density at radius 2 is 1.64 bits per heavy atom. The van der Waals surface area contributed by atoms with Crippen LogP contribution in [-0.2, 0) is 4.79 Å². The molecule has 168 valence electrons. The Labute approximate surface area is 194 Å². The third kappa shape index (κ3) is 4.95. The zero-order valence-corrected chi connectivity index (χ0v) is 19.5. The summed E-state index contributed by atoms with van der Waals surface area (Å²) in [7, 11) is 0. The maximum absolute atomic E-state index is 12.4. The molecule has 0 radical (unpaired) electrons. The summed E-state index contributed by atoms with van der Waals surface area (Å²) in [5, 5.41) is 12.3. The number of rotatable bonds is 7. The van der Waals surface area contributed by atoms with E-state index in [4.69, 9.17) is 0 Å². The van der Waals surface area contributed by atoms with Crippen LogP contribution in [0.5, 0.6) is 0 Å². The number of aryl methyl sites for hydroxylation is 2. The van der Waals surface area contributed by atoms with Crippen molar-refractivity contribution in [2.75, 3.05) is 23.3 Å². The van der Waals surface area contributed by atoms with E-state index in [0.717, 1.165) is 52.2 Å². The van der Waals surface area contributed by atoms with Gasteiger partial charge in [0, 0.05) is 30.5 Å². The minimum absolute atomic E-state index is 0.184. The van der Waals surface area contributed by atoms with E-state index in [9.17, 15) is 4.79 Å². The molecule has 0 aliphatic heterocycles. The van der Waals surface area contributed by atoms with Gasteiger partial charge >= 0.3 is 0 Å². The first-order valence-corrected chi connectivity index (χ1v) is 11.3. The molecule has 1 aromatic heterocycles. The third-order valence-electron chi connectivity index (χ3n) is 5.74. The third-order valence-corrected chi connectivity index (χ3v) is 5.74. The molecule has 0 aliphatic carbocycles. The minimum atomic E-state index is -0.184. The molecule has 1 amide bonds. The largest absolute Gasteiger partial charge is 0.372 e. The van der Waals surface area contributed by atoms with Crippen molar-refractivity contribution in [2.24, 2.45) is 0 Å². The molecule has 4 aromatic rings. The lowest BCUT2D eigenvalue weighted by Gasteiger charge is -2.22. The number of carbonyl (C=O) groups excluding carboxylic acids is 1. The first-order valence-electron chi connectivity index (χ1n) is 11.3. The first kappa shape index (κ1) is 22.3. The molecule has 0 unspecified atom stereocenters. The molecular weight excluding hydrogens is 410 g/mol. The Morgan fingerprint density at radius 1 is 0.939 bits per heavy atom. The van der Waals surface area contributed by atoms with Crippen LogP contribution in [0.4, 0.5) is 11.4 Å². The van der Waals surface area contributed by atoms with Crippen molar-refractivity contribution < 1.29 is 4.79 Å². The molecule has 0 saturated heterocycles. The van der Waals surface area contributed by atoms with Gasteiger partial charge in [0.25, 0.3) is 0 Å². The fraction of sp³-hybridized carbons (Fsp3) is 0.222. The predicted molar refractivity (Wildman–Crippen MR) is 136 cm³/mol. The zero-order chi connectivity index (χ0) is 23.4. The van der Waals surface area contributed by atoms with Crippen LogP contribution in [0.3, 0.4) is 0 Å². The molecule has 33 heavy (non-hydrogen) atoms. The molecule has 6 nitrogen and oxygen atoms in total. The van der Waals surface area contributed by atoms with Crippen molar-refractivity contribution in [3.05, 3.63) is 83.4 Å². The van der Waals surface area contributed by atoms with Crippen molar-refractivity contribution in [3.8, 4) is 5.69 Å². The molecule has 0 atom stereocenters. The second-order valence-corrected chi connectivity index (χ2v) is 8.02. The van der Waals surface area contributed by atoms with Crippen LogP contribution >= 0.6 is 0 Å². The fourth-order valence-electron chi connectivity index (χ4n) is 3.87. The topological polar surface area (TPSA) is 63.1 Å². The van der Waals surface area contributed by atoms with Gasteiger partial charge in [-0.1, -0.05) is 30.3 Å². The van der Waals surface area contributed by atoms with Crippen LogP contribution in [0.25, 0.3) is 22.8 Å². The average molecular weight is 440 g/mol. The van der Waals surface area contributed by atoms with Crippen molar-refractivity contribution in [2.45, 2.75) is 27.7 Å². The first-order chi connectivity index (χ1) is 16.0. The van der Waals surface area contributed by atoms with Crippen LogP contribution in [0.2, 0.25) is 0 Å². The number of fused-ring (bicyclic) bond motifs is 1. The summed E-state index contributed by atoms with van der Waals surface area (Å²) in [5.74, 6) is -0.184. The molecule has 3 aromatic carbocycles. The Morgan fingerprint density at radius 3 is 2.30 bits per heavy atom. The van der Waals surface area contributed by atoms with Crippen molar-refractivity contribution in [3.63, 3.8) is 0 Å². The smallest absolute Gasteiger partial charge is 0.248 e. The van der Waals surface area contributed by atoms with Crippen LogP contribution in [0, 0.1) is 13.8 Å². The van der Waals surface area contributed by atoms with E-state index in [-0.39, 0.29) is 5.91 Å². The standard InChI is InChI=1S/C27H29N5O/c1-5-31(6-2)22-13-14-26(20(4)16-22)32-29-24-17-19(3)23(18-25(24)30-32)28-27(33)15-12-21-10-8-7-9-11-21/h7-18H,5-6H2,1-4H3,(H,28,33)/b15-12+. The van der Waals surface area contributed by atoms with Crippen molar-refractivity contribution in [1.29, 1.82) is 0 Å². The van der Waals surface area contributed by atoms with Gasteiger partial charge in [-0.05, 0) is 80.8 Å². The number of hydrogen-bond donors (Lipinski definition) is 1. The molecule has 1 N–H and O–H groups in total. The monoisotopic (exact) mass is 439 g/mol. The van der Waals surface area contributed by atoms with Gasteiger partial charge in [-0.2, -0.15) is 4.80 Å². The van der Waals surface area contributed by atoms with Gasteiger partial charge in [0.1, 0.15) is 11.0 Å². The lowest BCUT2D eigenvalue weighted by atomic mass is 10.1. The Bertz CT molecular complexity index is 1300. The summed E-state index contributed by atoms with van der Waals surface area (Å²) in [6.07, 6.45) is 3.33. The fourth-order valence-corrected chi connectivity index (χ4v) is 3.87. The summed E-state index contributed by atoms with van der Waals surface area (Å²) in [5.41, 5.74) is 7.41. The molecule has 6 heteroatoms. The molecule has 0 fully saturated rings. The van der Waals surface area contributed by atoms with E-state index in [2.05, 4.69) is 59.4 Å². The molecule has 0 bridgehead atoms. The summed E-state index contributed by atoms with van der Waals surface area (Å²) in [4.78, 5) is 16.4. The number of anilines is 2. The average Bonchev–Trinajstić information content (AvgIpc) is 3.22. The van der Waals surface area contributed by atoms with Crippen molar-refractivity contribution >= 4 is 34.4 Å². The van der Waals surface area contributed by atoms with Gasteiger partial charge in [0.2, 0.25) is 5.91 Å². The van der Waals surface area contributed by atoms with Crippen molar-refractivity contribution in [1.82, 2.24) is 15.0 Å². The zero-order valence-electron chi connectivity index (χ0n) is 19.5. The Balaban J connectivity index is 1.58. The maximum Gasteiger partial charge on any atom is 0.248 e. The van der Waals surface area contributed by atoms with E-state index in [1.54, 1.807) is 10.9 Å². The highest BCUT2D eigenvalue weighted by Gasteiger charge is 2.12. The van der Waals surface area contributed by atoms with E-state index in [1.165, 1.54) is 11.8 Å². The highest BCUT2D eigenvalue weighted by Crippen LogP contribution is 2.25. The molecule has 1 heterocycles. The molecule has 0 aliphatic rings. The molecule has 4 rings (SSSR count). The summed E-state index contributed by atoms with van der Waals surface area (Å²) in [6, 6.07) is 19.9. The quantitative estimate of drug-likeness (QED) is 0.384. The highest BCUT2D eigenvalue weighted by atomic mass is 16.1. The minimum Gasteiger partial charge on any atom is -0.372 e. The molecular formula is C27H29N5O. The summed E-state index contributed by atoms with van der Waals surface area (Å²) >= 11 is 0. The second-order valence-electron chi connectivity index (χ2n) is 8.02. The SMILES string of the molecule is CCN(CC)c1ccc(-n2nc3cc(C)c(NC(=O)/C=C/c4ccccc4)cc3n2)c(C)c1. The number of nitrogens with one attached hydrogen (secondary N) is 1. The maximum atomic E-state index is 12.4. The van der Waals surface area contributed by atoms with E-state index in [1.807, 2.05) is 49.4 Å². The van der Waals surface area contributed by atoms with Crippen LogP contribution in [0.1, 0.15) is 30.5 Å². The lowest BCUT2D eigenvalue weighted by molar-refractivity contribution is -0.111. The highest BCUT2D eigenvalue weighted by molar-refractivity contribution is 6.03. The van der Waals surface area contributed by atoms with E-state index >= 15 is 0 Å². The predicted octanol–water partition coefficient (Wildman–Crippen LogP) is 5.54. The normalized spacial score (nSPS) is 11.3. The number of aromatic nitrogens is 3.